The lowest BCUT2D eigenvalue weighted by Gasteiger charge is -2.11. The second-order valence-electron chi connectivity index (χ2n) is 5.84. The Labute approximate surface area is 166 Å². The quantitative estimate of drug-likeness (QED) is 0.674. The van der Waals surface area contributed by atoms with Crippen LogP contribution < -0.4 is 5.32 Å². The lowest BCUT2D eigenvalue weighted by Crippen LogP contribution is -2.17. The highest BCUT2D eigenvalue weighted by Crippen LogP contribution is 2.23. The number of hydrogen-bond donors (Lipinski definition) is 1. The van der Waals surface area contributed by atoms with Crippen molar-refractivity contribution in [1.82, 2.24) is 9.55 Å². The summed E-state index contributed by atoms with van der Waals surface area (Å²) in [6.07, 6.45) is 4.30. The molecule has 3 aromatic rings. The highest BCUT2D eigenvalue weighted by Gasteiger charge is 2.17. The van der Waals surface area contributed by atoms with Crippen molar-refractivity contribution in [2.45, 2.75) is 11.4 Å². The van der Waals surface area contributed by atoms with Gasteiger partial charge in [0.1, 0.15) is 0 Å². The number of anilines is 1. The fraction of sp³-hybridized carbons (Fsp3) is 0.111. The third-order valence-corrected chi connectivity index (χ3v) is 5.78. The van der Waals surface area contributed by atoms with Gasteiger partial charge >= 0.3 is 0 Å². The van der Waals surface area contributed by atoms with E-state index in [9.17, 15) is 13.2 Å². The Balaban J connectivity index is 1.84. The summed E-state index contributed by atoms with van der Waals surface area (Å²) < 4.78 is 25.3. The number of carbonyl (C=O) groups is 1. The number of nitrogens with one attached hydrogen (secondary N) is 1. The smallest absolute Gasteiger partial charge is 0.258 e. The van der Waals surface area contributed by atoms with Crippen LogP contribution in [0.2, 0.25) is 10.0 Å². The van der Waals surface area contributed by atoms with Gasteiger partial charge in [0.25, 0.3) is 5.91 Å². The average molecular weight is 424 g/mol. The van der Waals surface area contributed by atoms with Gasteiger partial charge in [0, 0.05) is 29.2 Å². The van der Waals surface area contributed by atoms with E-state index in [1.54, 1.807) is 23.0 Å². The lowest BCUT2D eigenvalue weighted by atomic mass is 10.2. The first-order valence-corrected chi connectivity index (χ1v) is 10.5. The molecule has 1 amide bonds. The Hall–Kier alpha value is -2.35. The van der Waals surface area contributed by atoms with Gasteiger partial charge in [0.05, 0.1) is 16.5 Å². The van der Waals surface area contributed by atoms with Gasteiger partial charge in [-0.3, -0.25) is 10.1 Å². The summed E-state index contributed by atoms with van der Waals surface area (Å²) in [5, 5.41) is 3.35. The first-order chi connectivity index (χ1) is 12.8. The Morgan fingerprint density at radius 3 is 2.59 bits per heavy atom. The van der Waals surface area contributed by atoms with Crippen LogP contribution in [0.3, 0.4) is 0 Å². The molecule has 0 aliphatic carbocycles. The van der Waals surface area contributed by atoms with Gasteiger partial charge in [-0.05, 0) is 29.8 Å². The minimum atomic E-state index is -3.55. The molecule has 9 heteroatoms. The number of aromatic nitrogens is 2. The van der Waals surface area contributed by atoms with Gasteiger partial charge in [-0.2, -0.15) is 0 Å². The normalized spacial score (nSPS) is 11.4. The van der Waals surface area contributed by atoms with E-state index in [2.05, 4.69) is 10.3 Å². The second-order valence-corrected chi connectivity index (χ2v) is 8.64. The predicted octanol–water partition coefficient (Wildman–Crippen LogP) is 3.89. The van der Waals surface area contributed by atoms with Crippen molar-refractivity contribution in [3.05, 3.63) is 76.0 Å². The fourth-order valence-corrected chi connectivity index (χ4v) is 3.97. The molecule has 140 valence electrons. The number of amides is 1. The van der Waals surface area contributed by atoms with Crippen molar-refractivity contribution < 1.29 is 13.2 Å². The minimum Gasteiger partial charge on any atom is -0.313 e. The number of carbonyl (C=O) groups excluding carboxylic acids is 1. The number of imidazole rings is 1. The van der Waals surface area contributed by atoms with Crippen LogP contribution in [0.25, 0.3) is 0 Å². The highest BCUT2D eigenvalue weighted by molar-refractivity contribution is 7.90. The molecule has 0 atom stereocenters. The molecule has 1 heterocycles. The van der Waals surface area contributed by atoms with Gasteiger partial charge in [-0.1, -0.05) is 41.4 Å². The number of rotatable bonds is 5. The van der Waals surface area contributed by atoms with Crippen LogP contribution >= 0.6 is 23.2 Å². The monoisotopic (exact) mass is 423 g/mol. The Kier molecular flexibility index (Phi) is 5.55. The maximum Gasteiger partial charge on any atom is 0.258 e. The van der Waals surface area contributed by atoms with Crippen LogP contribution in [0.15, 0.2) is 59.8 Å². The number of hydrogen-bond acceptors (Lipinski definition) is 4. The lowest BCUT2D eigenvalue weighted by molar-refractivity contribution is 0.102. The summed E-state index contributed by atoms with van der Waals surface area (Å²) in [7, 11) is -3.55. The molecule has 0 saturated heterocycles. The average Bonchev–Trinajstić information content (AvgIpc) is 3.03. The maximum atomic E-state index is 12.5. The highest BCUT2D eigenvalue weighted by atomic mass is 35.5. The molecule has 1 aromatic heterocycles. The largest absolute Gasteiger partial charge is 0.313 e. The third-order valence-electron chi connectivity index (χ3n) is 3.83. The molecule has 0 radical (unpaired) electrons. The first-order valence-electron chi connectivity index (χ1n) is 7.81. The molecule has 0 saturated carbocycles. The molecule has 3 rings (SSSR count). The zero-order valence-corrected chi connectivity index (χ0v) is 16.5. The van der Waals surface area contributed by atoms with Crippen LogP contribution in [0.5, 0.6) is 0 Å². The van der Waals surface area contributed by atoms with Gasteiger partial charge in [-0.15, -0.1) is 0 Å². The molecular weight excluding hydrogens is 409 g/mol. The zero-order valence-electron chi connectivity index (χ0n) is 14.2. The summed E-state index contributed by atoms with van der Waals surface area (Å²) in [6.45, 7) is 0.421. The third kappa shape index (κ3) is 4.50. The Morgan fingerprint density at radius 2 is 1.89 bits per heavy atom. The van der Waals surface area contributed by atoms with E-state index in [1.807, 2.05) is 18.2 Å². The minimum absolute atomic E-state index is 0.0641. The zero-order chi connectivity index (χ0) is 19.6. The number of halogens is 2. The molecule has 1 N–H and O–H groups in total. The van der Waals surface area contributed by atoms with Gasteiger partial charge in [0.2, 0.25) is 5.95 Å². The van der Waals surface area contributed by atoms with Gasteiger partial charge < -0.3 is 4.57 Å². The predicted molar refractivity (Wildman–Crippen MR) is 105 cm³/mol. The van der Waals surface area contributed by atoms with Crippen molar-refractivity contribution >= 4 is 44.9 Å². The van der Waals surface area contributed by atoms with E-state index < -0.39 is 15.7 Å². The number of nitrogens with zero attached hydrogens (tertiary/aromatic N) is 2. The number of sulfone groups is 1. The molecule has 2 aromatic carbocycles. The summed E-state index contributed by atoms with van der Waals surface area (Å²) in [4.78, 5) is 16.6. The summed E-state index contributed by atoms with van der Waals surface area (Å²) in [5.41, 5.74) is 1.03. The Bertz CT molecular complexity index is 1110. The van der Waals surface area contributed by atoms with Crippen LogP contribution in [-0.2, 0) is 16.4 Å². The molecule has 0 spiro atoms. The van der Waals surface area contributed by atoms with Crippen molar-refractivity contribution in [3.63, 3.8) is 0 Å². The van der Waals surface area contributed by atoms with E-state index in [4.69, 9.17) is 23.2 Å². The SMILES string of the molecule is CS(=O)(=O)c1cc(C(=O)Nc2nccn2Cc2ccccc2Cl)ccc1Cl. The van der Waals surface area contributed by atoms with E-state index in [1.165, 1.54) is 18.2 Å². The van der Waals surface area contributed by atoms with E-state index >= 15 is 0 Å². The van der Waals surface area contributed by atoms with Crippen molar-refractivity contribution in [2.24, 2.45) is 0 Å². The molecule has 0 aliphatic heterocycles. The van der Waals surface area contributed by atoms with E-state index in [-0.39, 0.29) is 15.5 Å². The van der Waals surface area contributed by atoms with Crippen LogP contribution in [-0.4, -0.2) is 30.1 Å². The molecule has 27 heavy (non-hydrogen) atoms. The molecular formula is C18H15Cl2N3O3S. The molecule has 0 unspecified atom stereocenters. The van der Waals surface area contributed by atoms with Gasteiger partial charge in [0.15, 0.2) is 9.84 Å². The standard InChI is InChI=1S/C18H15Cl2N3O3S/c1-27(25,26)16-10-12(6-7-15(16)20)17(24)22-18-21-8-9-23(18)11-13-4-2-3-5-14(13)19/h2-10H,11H2,1H3,(H,21,22,24). The van der Waals surface area contributed by atoms with E-state index in [0.717, 1.165) is 11.8 Å². The number of benzene rings is 2. The molecule has 6 nitrogen and oxygen atoms in total. The summed E-state index contributed by atoms with van der Waals surface area (Å²) in [5.74, 6) is -0.182. The summed E-state index contributed by atoms with van der Waals surface area (Å²) in [6, 6.07) is 11.4. The maximum absolute atomic E-state index is 12.5. The molecule has 0 aliphatic rings. The van der Waals surface area contributed by atoms with Crippen LogP contribution in [0, 0.1) is 0 Å². The van der Waals surface area contributed by atoms with Crippen molar-refractivity contribution in [1.29, 1.82) is 0 Å². The van der Waals surface area contributed by atoms with Gasteiger partial charge in [-0.25, -0.2) is 13.4 Å². The van der Waals surface area contributed by atoms with Crippen molar-refractivity contribution in [3.8, 4) is 0 Å². The first kappa shape index (κ1) is 19.4. The van der Waals surface area contributed by atoms with Crippen molar-refractivity contribution in [2.75, 3.05) is 11.6 Å². The molecule has 0 fully saturated rings. The molecule has 0 bridgehead atoms. The van der Waals surface area contributed by atoms with Crippen LogP contribution in [0.4, 0.5) is 5.95 Å². The van der Waals surface area contributed by atoms with Crippen LogP contribution in [0.1, 0.15) is 15.9 Å². The Morgan fingerprint density at radius 1 is 1.15 bits per heavy atom. The fourth-order valence-electron chi connectivity index (χ4n) is 2.47. The topological polar surface area (TPSA) is 81.1 Å². The summed E-state index contributed by atoms with van der Waals surface area (Å²) >= 11 is 12.1. The van der Waals surface area contributed by atoms with E-state index in [0.29, 0.717) is 17.5 Å². The second kappa shape index (κ2) is 7.72.